The topological polar surface area (TPSA) is 59.7 Å². The Hall–Kier alpha value is -1.59. The average Bonchev–Trinajstić information content (AvgIpc) is 3.37. The fraction of sp³-hybridized carbons (Fsp3) is 0.591. The minimum Gasteiger partial charge on any atom is -0.507 e. The van der Waals surface area contributed by atoms with Gasteiger partial charge in [-0.25, -0.2) is 4.79 Å². The van der Waals surface area contributed by atoms with E-state index in [2.05, 4.69) is 0 Å². The van der Waals surface area contributed by atoms with Crippen LogP contribution in [-0.2, 0) is 4.74 Å². The quantitative estimate of drug-likeness (QED) is 0.703. The van der Waals surface area contributed by atoms with Crippen molar-refractivity contribution in [2.75, 3.05) is 13.2 Å². The second-order valence-corrected chi connectivity index (χ2v) is 8.95. The first-order valence-corrected chi connectivity index (χ1v) is 11.0. The highest BCUT2D eigenvalue weighted by Crippen LogP contribution is 2.47. The molecule has 3 atom stereocenters. The van der Waals surface area contributed by atoms with Gasteiger partial charge in [-0.2, -0.15) is 0 Å². The molecule has 2 aromatic heterocycles. The molecule has 4 rings (SSSR count). The number of hydrogen-bond donors (Lipinski definition) is 1. The van der Waals surface area contributed by atoms with Crippen molar-refractivity contribution in [3.8, 4) is 5.75 Å². The van der Waals surface area contributed by atoms with Crippen LogP contribution >= 0.6 is 11.3 Å². The molecular weight excluding hydrogens is 360 g/mol. The molecule has 146 valence electrons. The molecule has 2 aromatic rings. The monoisotopic (exact) mass is 388 g/mol. The van der Waals surface area contributed by atoms with Crippen molar-refractivity contribution < 1.29 is 14.3 Å². The Kier molecular flexibility index (Phi) is 5.69. The molecular formula is C22H28O4S. The molecule has 2 aliphatic rings. The summed E-state index contributed by atoms with van der Waals surface area (Å²) >= 11 is 1.61. The van der Waals surface area contributed by atoms with E-state index in [1.807, 2.05) is 24.4 Å². The van der Waals surface area contributed by atoms with E-state index in [1.165, 1.54) is 19.3 Å². The maximum atomic E-state index is 12.8. The van der Waals surface area contributed by atoms with Crippen molar-refractivity contribution in [3.05, 3.63) is 50.2 Å². The highest BCUT2D eigenvalue weighted by molar-refractivity contribution is 7.10. The van der Waals surface area contributed by atoms with Gasteiger partial charge in [0.1, 0.15) is 11.5 Å². The Balaban J connectivity index is 1.62. The summed E-state index contributed by atoms with van der Waals surface area (Å²) in [6.45, 7) is 3.69. The lowest BCUT2D eigenvalue weighted by Crippen LogP contribution is -2.21. The highest BCUT2D eigenvalue weighted by atomic mass is 32.1. The molecule has 2 fully saturated rings. The third-order valence-corrected chi connectivity index (χ3v) is 7.01. The lowest BCUT2D eigenvalue weighted by molar-refractivity contribution is 0.0469. The van der Waals surface area contributed by atoms with Crippen molar-refractivity contribution in [2.24, 2.45) is 11.8 Å². The molecule has 0 spiro atoms. The molecule has 0 radical (unpaired) electrons. The molecule has 1 saturated carbocycles. The second kappa shape index (κ2) is 8.19. The number of ether oxygens (including phenoxy) is 1. The SMILES string of the molecule is CCC(c1cccs1)c1c(O)cc(C(CC2CCCOC2)C2CC2)oc1=O. The Bertz CT molecular complexity index is 800. The summed E-state index contributed by atoms with van der Waals surface area (Å²) in [4.78, 5) is 13.9. The number of rotatable bonds is 7. The molecule has 5 heteroatoms. The zero-order valence-corrected chi connectivity index (χ0v) is 16.7. The molecule has 3 heterocycles. The van der Waals surface area contributed by atoms with Gasteiger partial charge in [-0.15, -0.1) is 11.3 Å². The predicted octanol–water partition coefficient (Wildman–Crippen LogP) is 5.26. The summed E-state index contributed by atoms with van der Waals surface area (Å²) in [7, 11) is 0. The smallest absolute Gasteiger partial charge is 0.343 e. The van der Waals surface area contributed by atoms with E-state index in [4.69, 9.17) is 9.15 Å². The Labute approximate surface area is 164 Å². The Morgan fingerprint density at radius 1 is 1.33 bits per heavy atom. The van der Waals surface area contributed by atoms with Gasteiger partial charge in [0.2, 0.25) is 0 Å². The van der Waals surface area contributed by atoms with E-state index in [0.717, 1.165) is 37.4 Å². The minimum absolute atomic E-state index is 0.0899. The van der Waals surface area contributed by atoms with Crippen LogP contribution in [0, 0.1) is 11.8 Å². The first kappa shape index (κ1) is 18.8. The summed E-state index contributed by atoms with van der Waals surface area (Å²) in [6.07, 6.45) is 6.37. The lowest BCUT2D eigenvalue weighted by Gasteiger charge is -2.26. The molecule has 4 nitrogen and oxygen atoms in total. The van der Waals surface area contributed by atoms with Crippen LogP contribution in [0.15, 0.2) is 32.8 Å². The van der Waals surface area contributed by atoms with Crippen molar-refractivity contribution in [2.45, 2.75) is 57.3 Å². The molecule has 1 saturated heterocycles. The molecule has 1 N–H and O–H groups in total. The Morgan fingerprint density at radius 2 is 2.19 bits per heavy atom. The zero-order valence-electron chi connectivity index (χ0n) is 15.9. The van der Waals surface area contributed by atoms with Gasteiger partial charge < -0.3 is 14.3 Å². The minimum atomic E-state index is -0.379. The largest absolute Gasteiger partial charge is 0.507 e. The Morgan fingerprint density at radius 3 is 2.78 bits per heavy atom. The standard InChI is InChI=1S/C22H28O4S/c1-2-16(20-6-4-10-27-20)21-18(23)12-19(26-22(21)24)17(15-7-8-15)11-14-5-3-9-25-13-14/h4,6,10,12,14-17,23H,2-3,5,7-9,11,13H2,1H3. The van der Waals surface area contributed by atoms with E-state index in [1.54, 1.807) is 17.4 Å². The van der Waals surface area contributed by atoms with Gasteiger partial charge in [0.25, 0.3) is 0 Å². The first-order chi connectivity index (χ1) is 13.2. The molecule has 0 amide bonds. The molecule has 3 unspecified atom stereocenters. The van der Waals surface area contributed by atoms with E-state index < -0.39 is 0 Å². The van der Waals surface area contributed by atoms with Crippen LogP contribution in [0.4, 0.5) is 0 Å². The van der Waals surface area contributed by atoms with Crippen LogP contribution in [0.25, 0.3) is 0 Å². The number of aromatic hydroxyl groups is 1. The summed E-state index contributed by atoms with van der Waals surface area (Å²) in [6, 6.07) is 5.71. The van der Waals surface area contributed by atoms with Crippen LogP contribution in [0.3, 0.4) is 0 Å². The van der Waals surface area contributed by atoms with Crippen LogP contribution in [0.1, 0.15) is 73.5 Å². The van der Waals surface area contributed by atoms with E-state index in [-0.39, 0.29) is 23.2 Å². The van der Waals surface area contributed by atoms with Gasteiger partial charge in [-0.1, -0.05) is 13.0 Å². The average molecular weight is 389 g/mol. The fourth-order valence-corrected chi connectivity index (χ4v) is 5.36. The normalized spacial score (nSPS) is 22.5. The zero-order chi connectivity index (χ0) is 18.8. The van der Waals surface area contributed by atoms with Crippen molar-refractivity contribution in [1.29, 1.82) is 0 Å². The van der Waals surface area contributed by atoms with E-state index in [0.29, 0.717) is 23.2 Å². The fourth-order valence-electron chi connectivity index (χ4n) is 4.44. The van der Waals surface area contributed by atoms with Gasteiger partial charge in [0.15, 0.2) is 0 Å². The second-order valence-electron chi connectivity index (χ2n) is 7.97. The summed E-state index contributed by atoms with van der Waals surface area (Å²) in [5.41, 5.74) is 0.0232. The summed E-state index contributed by atoms with van der Waals surface area (Å²) < 4.78 is 11.5. The van der Waals surface area contributed by atoms with Crippen LogP contribution in [0.5, 0.6) is 5.75 Å². The van der Waals surface area contributed by atoms with Gasteiger partial charge in [0.05, 0.1) is 5.56 Å². The van der Waals surface area contributed by atoms with Crippen molar-refractivity contribution >= 4 is 11.3 Å². The van der Waals surface area contributed by atoms with E-state index >= 15 is 0 Å². The lowest BCUT2D eigenvalue weighted by atomic mass is 9.85. The molecule has 0 bridgehead atoms. The van der Waals surface area contributed by atoms with Crippen LogP contribution < -0.4 is 5.63 Å². The number of thiophene rings is 1. The highest BCUT2D eigenvalue weighted by Gasteiger charge is 2.37. The molecule has 0 aromatic carbocycles. The van der Waals surface area contributed by atoms with Gasteiger partial charge >= 0.3 is 5.63 Å². The summed E-state index contributed by atoms with van der Waals surface area (Å²) in [5, 5.41) is 12.7. The predicted molar refractivity (Wildman–Crippen MR) is 107 cm³/mol. The first-order valence-electron chi connectivity index (χ1n) is 10.2. The maximum absolute atomic E-state index is 12.8. The summed E-state index contributed by atoms with van der Waals surface area (Å²) in [5.74, 6) is 1.94. The van der Waals surface area contributed by atoms with Crippen molar-refractivity contribution in [1.82, 2.24) is 0 Å². The van der Waals surface area contributed by atoms with Crippen LogP contribution in [-0.4, -0.2) is 18.3 Å². The van der Waals surface area contributed by atoms with Gasteiger partial charge in [-0.05, 0) is 61.8 Å². The molecule has 1 aliphatic carbocycles. The molecule has 27 heavy (non-hydrogen) atoms. The maximum Gasteiger partial charge on any atom is 0.343 e. The van der Waals surface area contributed by atoms with Gasteiger partial charge in [0, 0.05) is 36.0 Å². The number of hydrogen-bond acceptors (Lipinski definition) is 5. The van der Waals surface area contributed by atoms with Crippen LogP contribution in [0.2, 0.25) is 0 Å². The van der Waals surface area contributed by atoms with Gasteiger partial charge in [-0.3, -0.25) is 0 Å². The third-order valence-electron chi connectivity index (χ3n) is 6.03. The third kappa shape index (κ3) is 4.14. The van der Waals surface area contributed by atoms with E-state index in [9.17, 15) is 9.90 Å². The molecule has 1 aliphatic heterocycles. The van der Waals surface area contributed by atoms with Crippen molar-refractivity contribution in [3.63, 3.8) is 0 Å².